The van der Waals surface area contributed by atoms with E-state index in [-0.39, 0.29) is 0 Å². The molecule has 0 unspecified atom stereocenters. The lowest BCUT2D eigenvalue weighted by molar-refractivity contribution is -0.133. The second-order valence-corrected chi connectivity index (χ2v) is 4.19. The zero-order chi connectivity index (χ0) is 12.9. The summed E-state index contributed by atoms with van der Waals surface area (Å²) in [5.41, 5.74) is 0. The summed E-state index contributed by atoms with van der Waals surface area (Å²) in [6.07, 6.45) is 8.40. The van der Waals surface area contributed by atoms with Crippen molar-refractivity contribution in [3.8, 4) is 11.8 Å². The summed E-state index contributed by atoms with van der Waals surface area (Å²) < 4.78 is 4.36. The third-order valence-electron chi connectivity index (χ3n) is 2.61. The van der Waals surface area contributed by atoms with Gasteiger partial charge < -0.3 is 9.84 Å². The smallest absolute Gasteiger partial charge is 0.384 e. The van der Waals surface area contributed by atoms with Crippen LogP contribution in [0.1, 0.15) is 58.3 Å². The van der Waals surface area contributed by atoms with E-state index in [9.17, 15) is 9.90 Å². The lowest BCUT2D eigenvalue weighted by Crippen LogP contribution is -2.04. The third-order valence-corrected chi connectivity index (χ3v) is 2.61. The van der Waals surface area contributed by atoms with Crippen molar-refractivity contribution >= 4 is 5.97 Å². The maximum absolute atomic E-state index is 10.7. The van der Waals surface area contributed by atoms with E-state index in [0.717, 1.165) is 12.8 Å². The number of rotatable bonds is 8. The molecule has 98 valence electrons. The molecule has 0 aromatic rings. The van der Waals surface area contributed by atoms with E-state index in [2.05, 4.69) is 23.5 Å². The Balaban J connectivity index is 3.41. The maximum Gasteiger partial charge on any atom is 0.384 e. The summed E-state index contributed by atoms with van der Waals surface area (Å²) >= 11 is 0. The lowest BCUT2D eigenvalue weighted by Gasteiger charge is -2.03. The Morgan fingerprint density at radius 2 is 1.76 bits per heavy atom. The van der Waals surface area contributed by atoms with E-state index in [1.807, 2.05) is 0 Å². The first-order chi connectivity index (χ1) is 8.20. The Labute approximate surface area is 105 Å². The van der Waals surface area contributed by atoms with Gasteiger partial charge in [0.05, 0.1) is 7.11 Å². The molecule has 0 bridgehead atoms. The number of aliphatic hydroxyl groups excluding tert-OH is 1. The minimum Gasteiger partial charge on any atom is -0.459 e. The van der Waals surface area contributed by atoms with E-state index in [4.69, 9.17) is 0 Å². The first kappa shape index (κ1) is 16.0. The number of carbonyl (C=O) groups excluding carboxylic acids is 1. The van der Waals surface area contributed by atoms with Crippen LogP contribution in [0.25, 0.3) is 0 Å². The standard InChI is InChI=1S/C14H24O3/c1-3-4-5-6-7-8-9-10-13(15)11-12-14(16)17-2/h13,15H,3-10H2,1-2H3/t13-/m0/s1. The number of hydrogen-bond acceptors (Lipinski definition) is 3. The van der Waals surface area contributed by atoms with Crippen molar-refractivity contribution in [1.82, 2.24) is 0 Å². The first-order valence-electron chi connectivity index (χ1n) is 6.48. The van der Waals surface area contributed by atoms with Crippen LogP contribution >= 0.6 is 0 Å². The molecule has 0 heterocycles. The van der Waals surface area contributed by atoms with Crippen LogP contribution in [0.5, 0.6) is 0 Å². The Bertz CT molecular complexity index is 250. The van der Waals surface area contributed by atoms with E-state index in [0.29, 0.717) is 6.42 Å². The molecule has 3 nitrogen and oxygen atoms in total. The number of methoxy groups -OCH3 is 1. The van der Waals surface area contributed by atoms with E-state index in [1.165, 1.54) is 39.2 Å². The van der Waals surface area contributed by atoms with Crippen molar-refractivity contribution in [3.05, 3.63) is 0 Å². The average molecular weight is 240 g/mol. The topological polar surface area (TPSA) is 46.5 Å². The summed E-state index contributed by atoms with van der Waals surface area (Å²) in [4.78, 5) is 10.7. The fourth-order valence-corrected chi connectivity index (χ4v) is 1.56. The zero-order valence-electron chi connectivity index (χ0n) is 11.0. The van der Waals surface area contributed by atoms with Gasteiger partial charge in [-0.3, -0.25) is 0 Å². The SMILES string of the molecule is CCCCCCCCC[C@H](O)C#CC(=O)OC. The number of esters is 1. The summed E-state index contributed by atoms with van der Waals surface area (Å²) in [6.45, 7) is 2.20. The number of ether oxygens (including phenoxy) is 1. The molecule has 17 heavy (non-hydrogen) atoms. The molecule has 1 atom stereocenters. The Morgan fingerprint density at radius 1 is 1.18 bits per heavy atom. The molecule has 0 spiro atoms. The molecule has 0 radical (unpaired) electrons. The normalized spacial score (nSPS) is 11.5. The van der Waals surface area contributed by atoms with E-state index < -0.39 is 12.1 Å². The van der Waals surface area contributed by atoms with Crippen molar-refractivity contribution in [1.29, 1.82) is 0 Å². The number of aliphatic hydroxyl groups is 1. The largest absolute Gasteiger partial charge is 0.459 e. The fourth-order valence-electron chi connectivity index (χ4n) is 1.56. The van der Waals surface area contributed by atoms with Gasteiger partial charge in [0.2, 0.25) is 0 Å². The quantitative estimate of drug-likeness (QED) is 0.307. The van der Waals surface area contributed by atoms with Crippen LogP contribution in [-0.4, -0.2) is 24.3 Å². The van der Waals surface area contributed by atoms with Crippen molar-refractivity contribution < 1.29 is 14.6 Å². The highest BCUT2D eigenvalue weighted by Crippen LogP contribution is 2.09. The second kappa shape index (κ2) is 11.5. The molecule has 0 aromatic carbocycles. The summed E-state index contributed by atoms with van der Waals surface area (Å²) in [7, 11) is 1.28. The van der Waals surface area contributed by atoms with Crippen LogP contribution in [0, 0.1) is 11.8 Å². The number of hydrogen-bond donors (Lipinski definition) is 1. The average Bonchev–Trinajstić information content (AvgIpc) is 2.34. The van der Waals surface area contributed by atoms with Gasteiger partial charge in [0.25, 0.3) is 0 Å². The molecule has 0 aliphatic rings. The Kier molecular flexibility index (Phi) is 10.8. The molecule has 0 aliphatic heterocycles. The highest BCUT2D eigenvalue weighted by molar-refractivity contribution is 5.88. The van der Waals surface area contributed by atoms with Gasteiger partial charge in [-0.15, -0.1) is 0 Å². The van der Waals surface area contributed by atoms with Gasteiger partial charge in [-0.25, -0.2) is 4.79 Å². The molecule has 0 aliphatic carbocycles. The zero-order valence-corrected chi connectivity index (χ0v) is 11.0. The summed E-state index contributed by atoms with van der Waals surface area (Å²) in [5.74, 6) is 4.12. The van der Waals surface area contributed by atoms with Crippen LogP contribution in [0.3, 0.4) is 0 Å². The predicted octanol–water partition coefficient (Wildman–Crippen LogP) is 2.66. The van der Waals surface area contributed by atoms with Crippen molar-refractivity contribution in [2.24, 2.45) is 0 Å². The van der Waals surface area contributed by atoms with Gasteiger partial charge in [-0.05, 0) is 12.8 Å². The molecule has 1 N–H and O–H groups in total. The summed E-state index contributed by atoms with van der Waals surface area (Å²) in [5, 5.41) is 9.45. The fraction of sp³-hybridized carbons (Fsp3) is 0.786. The minimum atomic E-state index is -0.704. The van der Waals surface area contributed by atoms with Gasteiger partial charge in [0.15, 0.2) is 0 Å². The molecular formula is C14H24O3. The lowest BCUT2D eigenvalue weighted by atomic mass is 10.1. The summed E-state index contributed by atoms with van der Waals surface area (Å²) in [6, 6.07) is 0. The number of unbranched alkanes of at least 4 members (excludes halogenated alkanes) is 6. The molecule has 3 heteroatoms. The van der Waals surface area contributed by atoms with Crippen LogP contribution in [0.15, 0.2) is 0 Å². The second-order valence-electron chi connectivity index (χ2n) is 4.19. The van der Waals surface area contributed by atoms with Crippen molar-refractivity contribution in [2.45, 2.75) is 64.4 Å². The molecule has 0 saturated heterocycles. The van der Waals surface area contributed by atoms with E-state index >= 15 is 0 Å². The van der Waals surface area contributed by atoms with E-state index in [1.54, 1.807) is 0 Å². The van der Waals surface area contributed by atoms with Gasteiger partial charge >= 0.3 is 5.97 Å². The van der Waals surface area contributed by atoms with Crippen molar-refractivity contribution in [2.75, 3.05) is 7.11 Å². The van der Waals surface area contributed by atoms with Crippen molar-refractivity contribution in [3.63, 3.8) is 0 Å². The predicted molar refractivity (Wildman–Crippen MR) is 68.4 cm³/mol. The molecule has 0 rings (SSSR count). The van der Waals surface area contributed by atoms with Crippen LogP contribution in [0.2, 0.25) is 0 Å². The molecule has 0 aromatic heterocycles. The molecular weight excluding hydrogens is 216 g/mol. The first-order valence-corrected chi connectivity index (χ1v) is 6.48. The third kappa shape index (κ3) is 11.3. The van der Waals surface area contributed by atoms with Crippen LogP contribution < -0.4 is 0 Å². The van der Waals surface area contributed by atoms with Gasteiger partial charge in [0.1, 0.15) is 6.10 Å². The minimum absolute atomic E-state index is 0.594. The monoisotopic (exact) mass is 240 g/mol. The highest BCUT2D eigenvalue weighted by Gasteiger charge is 2.00. The van der Waals surface area contributed by atoms with Gasteiger partial charge in [-0.2, -0.15) is 0 Å². The van der Waals surface area contributed by atoms with Gasteiger partial charge in [0, 0.05) is 5.92 Å². The van der Waals surface area contributed by atoms with Gasteiger partial charge in [-0.1, -0.05) is 51.4 Å². The highest BCUT2D eigenvalue weighted by atomic mass is 16.5. The molecule has 0 saturated carbocycles. The number of carbonyl (C=O) groups is 1. The Morgan fingerprint density at radius 3 is 2.35 bits per heavy atom. The maximum atomic E-state index is 10.7. The molecule has 0 fully saturated rings. The van der Waals surface area contributed by atoms with Crippen LogP contribution in [0.4, 0.5) is 0 Å². The Hall–Kier alpha value is -1.01. The van der Waals surface area contributed by atoms with Crippen LogP contribution in [-0.2, 0) is 9.53 Å². The molecule has 0 amide bonds.